The minimum Gasteiger partial charge on any atom is -0.477 e. The van der Waals surface area contributed by atoms with E-state index >= 15 is 0 Å². The van der Waals surface area contributed by atoms with E-state index in [2.05, 4.69) is 80.7 Å². The summed E-state index contributed by atoms with van der Waals surface area (Å²) in [5.74, 6) is -1.59. The van der Waals surface area contributed by atoms with Crippen LogP contribution in [0.1, 0.15) is 129 Å². The van der Waals surface area contributed by atoms with E-state index in [1.807, 2.05) is 27.2 Å². The molecule has 2 atom stereocenters. The molecule has 0 aromatic heterocycles. The van der Waals surface area contributed by atoms with Crippen molar-refractivity contribution in [1.82, 2.24) is 0 Å². The van der Waals surface area contributed by atoms with E-state index in [0.717, 1.165) is 64.2 Å². The lowest BCUT2D eigenvalue weighted by atomic mass is 10.1. The SMILES string of the molecule is CC/C=C/C/C=C/C/C=C/C/C=C/C/C=C/CCCCCC(=O)OC(COCCC(C(=O)O)[N+](C)(C)C)COC(=O)CC/C=C/CCCCCC. The molecule has 1 N–H and O–H groups in total. The van der Waals surface area contributed by atoms with Crippen LogP contribution in [0.5, 0.6) is 0 Å². The zero-order valence-electron chi connectivity index (χ0n) is 32.8. The summed E-state index contributed by atoms with van der Waals surface area (Å²) in [4.78, 5) is 36.7. The van der Waals surface area contributed by atoms with E-state index in [1.165, 1.54) is 19.3 Å². The maximum absolute atomic E-state index is 12.6. The standard InChI is InChI=1S/C43H71NO7/c1-6-8-10-12-14-16-17-18-19-20-21-22-23-24-25-26-28-30-32-34-42(46)51-39(37-49-36-35-40(43(47)48)44(3,4)5)38-50-41(45)33-31-29-27-15-13-11-9-7-2/h8,10,14,16,18-19,21-22,24-25,27,29,39-40H,6-7,9,11-13,15,17,20,23,26,28,30-38H2,1-5H3/p+1/b10-8+,16-14+,19-18+,22-21+,25-24+,29-27+. The number of ether oxygens (including phenoxy) is 3. The molecule has 8 nitrogen and oxygen atoms in total. The fraction of sp³-hybridized carbons (Fsp3) is 0.651. The predicted octanol–water partition coefficient (Wildman–Crippen LogP) is 10.0. The molecule has 0 saturated heterocycles. The molecule has 0 amide bonds. The lowest BCUT2D eigenvalue weighted by Gasteiger charge is -2.31. The number of carboxylic acids is 1. The average molecular weight is 715 g/mol. The van der Waals surface area contributed by atoms with Gasteiger partial charge in [0.1, 0.15) is 6.61 Å². The number of allylic oxidation sites excluding steroid dienone is 12. The largest absolute Gasteiger partial charge is 0.477 e. The molecule has 0 heterocycles. The second-order valence-corrected chi connectivity index (χ2v) is 13.8. The molecule has 0 saturated carbocycles. The number of hydrogen-bond donors (Lipinski definition) is 1. The Bertz CT molecular complexity index is 1060. The van der Waals surface area contributed by atoms with E-state index in [9.17, 15) is 19.5 Å². The number of aliphatic carboxylic acids is 1. The first-order valence-corrected chi connectivity index (χ1v) is 19.5. The topological polar surface area (TPSA) is 99.1 Å². The molecule has 0 radical (unpaired) electrons. The van der Waals surface area contributed by atoms with Gasteiger partial charge in [0.25, 0.3) is 0 Å². The first-order valence-electron chi connectivity index (χ1n) is 19.5. The summed E-state index contributed by atoms with van der Waals surface area (Å²) < 4.78 is 17.1. The van der Waals surface area contributed by atoms with Crippen molar-refractivity contribution in [2.75, 3.05) is 41.0 Å². The molecule has 0 aromatic carbocycles. The van der Waals surface area contributed by atoms with E-state index in [0.29, 0.717) is 19.3 Å². The summed E-state index contributed by atoms with van der Waals surface area (Å²) in [6, 6.07) is -0.627. The third-order valence-corrected chi connectivity index (χ3v) is 8.10. The lowest BCUT2D eigenvalue weighted by molar-refractivity contribution is -0.887. The van der Waals surface area contributed by atoms with Crippen LogP contribution in [-0.4, -0.2) is 80.6 Å². The maximum Gasteiger partial charge on any atom is 0.362 e. The summed E-state index contributed by atoms with van der Waals surface area (Å²) >= 11 is 0. The van der Waals surface area contributed by atoms with Gasteiger partial charge in [-0.3, -0.25) is 9.59 Å². The van der Waals surface area contributed by atoms with Crippen LogP contribution >= 0.6 is 0 Å². The van der Waals surface area contributed by atoms with Crippen molar-refractivity contribution < 1.29 is 38.2 Å². The Labute approximate surface area is 311 Å². The highest BCUT2D eigenvalue weighted by molar-refractivity contribution is 5.72. The number of carboxylic acid groups (broad SMARTS) is 1. The highest BCUT2D eigenvalue weighted by atomic mass is 16.6. The first kappa shape index (κ1) is 47.8. The number of carbonyl (C=O) groups excluding carboxylic acids is 2. The molecule has 0 bridgehead atoms. The van der Waals surface area contributed by atoms with Gasteiger partial charge in [-0.15, -0.1) is 0 Å². The number of carbonyl (C=O) groups is 3. The Balaban J connectivity index is 4.47. The Kier molecular flexibility index (Phi) is 31.7. The minimum atomic E-state index is -0.889. The number of unbranched alkanes of at least 4 members (excludes halogenated alkanes) is 7. The smallest absolute Gasteiger partial charge is 0.362 e. The van der Waals surface area contributed by atoms with Crippen LogP contribution in [0, 0.1) is 0 Å². The summed E-state index contributed by atoms with van der Waals surface area (Å²) in [6.45, 7) is 4.47. The summed E-state index contributed by atoms with van der Waals surface area (Å²) in [5, 5.41) is 9.57. The lowest BCUT2D eigenvalue weighted by Crippen LogP contribution is -2.50. The van der Waals surface area contributed by atoms with Gasteiger partial charge in [0.15, 0.2) is 12.1 Å². The van der Waals surface area contributed by atoms with Crippen molar-refractivity contribution in [2.45, 2.75) is 142 Å². The quantitative estimate of drug-likeness (QED) is 0.0313. The number of rotatable bonds is 33. The zero-order chi connectivity index (χ0) is 37.8. The predicted molar refractivity (Wildman–Crippen MR) is 210 cm³/mol. The van der Waals surface area contributed by atoms with Crippen molar-refractivity contribution in [3.05, 3.63) is 72.9 Å². The minimum absolute atomic E-state index is 0.0320. The van der Waals surface area contributed by atoms with Gasteiger partial charge >= 0.3 is 17.9 Å². The first-order chi connectivity index (χ1) is 24.6. The Hall–Kier alpha value is -3.23. The fourth-order valence-corrected chi connectivity index (χ4v) is 5.07. The van der Waals surface area contributed by atoms with E-state index in [-0.39, 0.29) is 49.1 Å². The van der Waals surface area contributed by atoms with E-state index < -0.39 is 18.1 Å². The van der Waals surface area contributed by atoms with Gasteiger partial charge in [-0.25, -0.2) is 4.79 Å². The number of esters is 2. The molecule has 0 fully saturated rings. The van der Waals surface area contributed by atoms with Crippen molar-refractivity contribution in [3.8, 4) is 0 Å². The van der Waals surface area contributed by atoms with Crippen LogP contribution < -0.4 is 0 Å². The normalized spacial score (nSPS) is 13.8. The Morgan fingerprint density at radius 2 is 1.14 bits per heavy atom. The maximum atomic E-state index is 12.6. The van der Waals surface area contributed by atoms with Gasteiger partial charge in [0.2, 0.25) is 0 Å². The summed E-state index contributed by atoms with van der Waals surface area (Å²) in [7, 11) is 5.48. The molecule has 0 rings (SSSR count). The molecule has 290 valence electrons. The molecule has 0 aliphatic carbocycles. The summed E-state index contributed by atoms with van der Waals surface area (Å²) in [6.07, 6.45) is 41.1. The third kappa shape index (κ3) is 32.4. The molecule has 0 aliphatic heterocycles. The van der Waals surface area contributed by atoms with Crippen LogP contribution in [0.3, 0.4) is 0 Å². The monoisotopic (exact) mass is 715 g/mol. The third-order valence-electron chi connectivity index (χ3n) is 8.10. The van der Waals surface area contributed by atoms with Crippen molar-refractivity contribution in [2.24, 2.45) is 0 Å². The van der Waals surface area contributed by atoms with Gasteiger partial charge < -0.3 is 23.8 Å². The van der Waals surface area contributed by atoms with Gasteiger partial charge in [-0.2, -0.15) is 0 Å². The van der Waals surface area contributed by atoms with E-state index in [1.54, 1.807) is 0 Å². The molecule has 0 aromatic rings. The van der Waals surface area contributed by atoms with E-state index in [4.69, 9.17) is 14.2 Å². The molecule has 0 aliphatic rings. The van der Waals surface area contributed by atoms with Crippen LogP contribution in [0.4, 0.5) is 0 Å². The average Bonchev–Trinajstić information content (AvgIpc) is 3.08. The van der Waals surface area contributed by atoms with Crippen molar-refractivity contribution >= 4 is 17.9 Å². The fourth-order valence-electron chi connectivity index (χ4n) is 5.07. The van der Waals surface area contributed by atoms with Crippen LogP contribution in [0.2, 0.25) is 0 Å². The second kappa shape index (κ2) is 33.9. The Morgan fingerprint density at radius 1 is 0.608 bits per heavy atom. The van der Waals surface area contributed by atoms with Crippen LogP contribution in [0.25, 0.3) is 0 Å². The molecular formula is C43H72NO7+. The van der Waals surface area contributed by atoms with Crippen LogP contribution in [-0.2, 0) is 28.6 Å². The molecule has 2 unspecified atom stereocenters. The number of nitrogens with zero attached hydrogens (tertiary/aromatic N) is 1. The Morgan fingerprint density at radius 3 is 1.69 bits per heavy atom. The van der Waals surface area contributed by atoms with Gasteiger partial charge in [-0.1, -0.05) is 112 Å². The molecular weight excluding hydrogens is 642 g/mol. The number of hydrogen-bond acceptors (Lipinski definition) is 6. The van der Waals surface area contributed by atoms with Crippen molar-refractivity contribution in [3.63, 3.8) is 0 Å². The second-order valence-electron chi connectivity index (χ2n) is 13.8. The molecule has 0 spiro atoms. The number of likely N-dealkylation sites (N-methyl/N-ethyl adjacent to an activating group) is 1. The highest BCUT2D eigenvalue weighted by Crippen LogP contribution is 2.11. The summed E-state index contributed by atoms with van der Waals surface area (Å²) in [5.41, 5.74) is 0. The van der Waals surface area contributed by atoms with Crippen LogP contribution in [0.15, 0.2) is 72.9 Å². The molecule has 51 heavy (non-hydrogen) atoms. The zero-order valence-corrected chi connectivity index (χ0v) is 32.8. The highest BCUT2D eigenvalue weighted by Gasteiger charge is 2.31. The van der Waals surface area contributed by atoms with Gasteiger partial charge in [0, 0.05) is 19.3 Å². The van der Waals surface area contributed by atoms with Gasteiger partial charge in [0.05, 0.1) is 34.4 Å². The van der Waals surface area contributed by atoms with Gasteiger partial charge in [-0.05, 0) is 70.6 Å². The molecule has 8 heteroatoms. The number of quaternary nitrogens is 1. The van der Waals surface area contributed by atoms with Crippen molar-refractivity contribution in [1.29, 1.82) is 0 Å².